The van der Waals surface area contributed by atoms with E-state index >= 15 is 0 Å². The Bertz CT molecular complexity index is 229. The molecule has 15 heavy (non-hydrogen) atoms. The highest BCUT2D eigenvalue weighted by atomic mass is 19.4. The van der Waals surface area contributed by atoms with Gasteiger partial charge in [-0.2, -0.15) is 13.2 Å². The van der Waals surface area contributed by atoms with Gasteiger partial charge in [0.1, 0.15) is 0 Å². The van der Waals surface area contributed by atoms with Crippen LogP contribution in [-0.2, 0) is 4.79 Å². The van der Waals surface area contributed by atoms with Gasteiger partial charge in [0.2, 0.25) is 5.91 Å². The van der Waals surface area contributed by atoms with Crippen molar-refractivity contribution in [3.05, 3.63) is 0 Å². The van der Waals surface area contributed by atoms with Crippen LogP contribution in [0, 0.1) is 0 Å². The largest absolute Gasteiger partial charge is 0.389 e. The Morgan fingerprint density at radius 1 is 1.27 bits per heavy atom. The summed E-state index contributed by atoms with van der Waals surface area (Å²) >= 11 is 0. The fraction of sp³-hybridized carbons (Fsp3) is 0.900. The van der Waals surface area contributed by atoms with Crippen molar-refractivity contribution in [1.82, 2.24) is 4.90 Å². The number of nitrogens with zero attached hydrogens (tertiary/aromatic N) is 1. The third-order valence-corrected chi connectivity index (χ3v) is 2.86. The van der Waals surface area contributed by atoms with Gasteiger partial charge in [-0.15, -0.1) is 0 Å². The van der Waals surface area contributed by atoms with Gasteiger partial charge in [-0.25, -0.2) is 0 Å². The van der Waals surface area contributed by atoms with Crippen LogP contribution in [0.5, 0.6) is 0 Å². The average Bonchev–Trinajstić information content (AvgIpc) is 2.41. The van der Waals surface area contributed by atoms with E-state index in [-0.39, 0.29) is 18.0 Å². The molecule has 0 aromatic heterocycles. The predicted molar refractivity (Wildman–Crippen MR) is 50.3 cm³/mol. The summed E-state index contributed by atoms with van der Waals surface area (Å²) in [5, 5.41) is 0. The van der Waals surface area contributed by atoms with E-state index < -0.39 is 19.0 Å². The fourth-order valence-corrected chi connectivity index (χ4v) is 2.06. The van der Waals surface area contributed by atoms with Crippen LogP contribution in [0.4, 0.5) is 13.2 Å². The van der Waals surface area contributed by atoms with E-state index in [2.05, 4.69) is 0 Å². The number of hydrogen-bond acceptors (Lipinski definition) is 1. The molecule has 1 aliphatic rings. The molecule has 0 bridgehead atoms. The highest BCUT2D eigenvalue weighted by Gasteiger charge is 2.34. The summed E-state index contributed by atoms with van der Waals surface area (Å²) in [6, 6.07) is 0.168. The Morgan fingerprint density at radius 2 is 1.73 bits per heavy atom. The lowest BCUT2D eigenvalue weighted by molar-refractivity contribution is -0.150. The summed E-state index contributed by atoms with van der Waals surface area (Å²) in [6.45, 7) is 3.77. The van der Waals surface area contributed by atoms with Crippen LogP contribution in [0.3, 0.4) is 0 Å². The first-order valence-corrected chi connectivity index (χ1v) is 5.19. The predicted octanol–water partition coefficient (Wildman–Crippen LogP) is 2.73. The minimum atomic E-state index is -4.23. The van der Waals surface area contributed by atoms with E-state index in [1.807, 2.05) is 13.8 Å². The molecule has 0 radical (unpaired) electrons. The van der Waals surface area contributed by atoms with Gasteiger partial charge < -0.3 is 4.90 Å². The van der Waals surface area contributed by atoms with Crippen LogP contribution in [0.25, 0.3) is 0 Å². The molecule has 1 amide bonds. The van der Waals surface area contributed by atoms with Crippen LogP contribution in [0.1, 0.15) is 39.5 Å². The quantitative estimate of drug-likeness (QED) is 0.704. The van der Waals surface area contributed by atoms with E-state index in [9.17, 15) is 18.0 Å². The molecule has 0 saturated carbocycles. The number of carbonyl (C=O) groups excluding carboxylic acids is 1. The normalized spacial score (nSPS) is 27.1. The van der Waals surface area contributed by atoms with Crippen LogP contribution in [-0.4, -0.2) is 29.1 Å². The zero-order valence-electron chi connectivity index (χ0n) is 8.97. The molecule has 1 aliphatic heterocycles. The highest BCUT2D eigenvalue weighted by Crippen LogP contribution is 2.27. The van der Waals surface area contributed by atoms with Gasteiger partial charge in [-0.05, 0) is 26.7 Å². The van der Waals surface area contributed by atoms with Gasteiger partial charge in [-0.1, -0.05) is 0 Å². The molecular weight excluding hydrogens is 207 g/mol. The molecule has 0 unspecified atom stereocenters. The number of alkyl halides is 3. The van der Waals surface area contributed by atoms with E-state index in [4.69, 9.17) is 0 Å². The molecule has 5 heteroatoms. The van der Waals surface area contributed by atoms with E-state index in [0.717, 1.165) is 12.8 Å². The zero-order valence-corrected chi connectivity index (χ0v) is 8.97. The van der Waals surface area contributed by atoms with Crippen molar-refractivity contribution >= 4 is 5.91 Å². The fourth-order valence-electron chi connectivity index (χ4n) is 2.06. The van der Waals surface area contributed by atoms with Gasteiger partial charge in [0.15, 0.2) is 0 Å². The SMILES string of the molecule is C[C@@H]1CC[C@@H](C)N1C(=O)CCC(F)(F)F. The van der Waals surface area contributed by atoms with Gasteiger partial charge >= 0.3 is 6.18 Å². The molecule has 0 aromatic rings. The molecule has 1 rings (SSSR count). The second-order valence-corrected chi connectivity index (χ2v) is 4.19. The van der Waals surface area contributed by atoms with Crippen molar-refractivity contribution in [1.29, 1.82) is 0 Å². The lowest BCUT2D eigenvalue weighted by Crippen LogP contribution is -2.38. The van der Waals surface area contributed by atoms with Gasteiger partial charge in [0.25, 0.3) is 0 Å². The third-order valence-electron chi connectivity index (χ3n) is 2.86. The number of carbonyl (C=O) groups is 1. The Kier molecular flexibility index (Phi) is 3.62. The van der Waals surface area contributed by atoms with E-state index in [0.29, 0.717) is 0 Å². The smallest absolute Gasteiger partial charge is 0.337 e. The Hall–Kier alpha value is -0.740. The zero-order chi connectivity index (χ0) is 11.6. The monoisotopic (exact) mass is 223 g/mol. The van der Waals surface area contributed by atoms with E-state index in [1.165, 1.54) is 0 Å². The average molecular weight is 223 g/mol. The first-order chi connectivity index (χ1) is 6.81. The molecular formula is C10H16F3NO. The van der Waals surface area contributed by atoms with Crippen LogP contribution < -0.4 is 0 Å². The van der Waals surface area contributed by atoms with Crippen molar-refractivity contribution in [3.8, 4) is 0 Å². The van der Waals surface area contributed by atoms with Gasteiger partial charge in [-0.3, -0.25) is 4.79 Å². The molecule has 0 N–H and O–H groups in total. The van der Waals surface area contributed by atoms with Crippen molar-refractivity contribution in [3.63, 3.8) is 0 Å². The topological polar surface area (TPSA) is 20.3 Å². The molecule has 1 heterocycles. The number of halogens is 3. The maximum atomic E-state index is 11.9. The van der Waals surface area contributed by atoms with Crippen molar-refractivity contribution in [2.45, 2.75) is 57.8 Å². The first kappa shape index (κ1) is 12.3. The Balaban J connectivity index is 2.46. The number of likely N-dealkylation sites (tertiary alicyclic amines) is 1. The van der Waals surface area contributed by atoms with Crippen LogP contribution in [0.15, 0.2) is 0 Å². The summed E-state index contributed by atoms with van der Waals surface area (Å²) in [6.07, 6.45) is -3.89. The summed E-state index contributed by atoms with van der Waals surface area (Å²) < 4.78 is 35.8. The molecule has 0 aromatic carbocycles. The molecule has 2 nitrogen and oxygen atoms in total. The van der Waals surface area contributed by atoms with Crippen LogP contribution in [0.2, 0.25) is 0 Å². The standard InChI is InChI=1S/C10H16F3NO/c1-7-3-4-8(2)14(7)9(15)5-6-10(11,12)13/h7-8H,3-6H2,1-2H3/t7-,8-/m1/s1. The van der Waals surface area contributed by atoms with Crippen molar-refractivity contribution in [2.75, 3.05) is 0 Å². The van der Waals surface area contributed by atoms with E-state index in [1.54, 1.807) is 4.90 Å². The number of hydrogen-bond donors (Lipinski definition) is 0. The maximum absolute atomic E-state index is 11.9. The second kappa shape index (κ2) is 4.41. The third kappa shape index (κ3) is 3.39. The lowest BCUT2D eigenvalue weighted by Gasteiger charge is -2.26. The van der Waals surface area contributed by atoms with Crippen molar-refractivity contribution < 1.29 is 18.0 Å². The molecule has 88 valence electrons. The molecule has 0 spiro atoms. The summed E-state index contributed by atoms with van der Waals surface area (Å²) in [5.74, 6) is -0.371. The highest BCUT2D eigenvalue weighted by molar-refractivity contribution is 5.77. The minimum absolute atomic E-state index is 0.0840. The Labute approximate surface area is 87.4 Å². The second-order valence-electron chi connectivity index (χ2n) is 4.19. The minimum Gasteiger partial charge on any atom is -0.337 e. The Morgan fingerprint density at radius 3 is 2.13 bits per heavy atom. The summed E-state index contributed by atoms with van der Waals surface area (Å²) in [7, 11) is 0. The molecule has 1 fully saturated rings. The number of amides is 1. The van der Waals surface area contributed by atoms with Gasteiger partial charge in [0.05, 0.1) is 6.42 Å². The summed E-state index contributed by atoms with van der Waals surface area (Å²) in [4.78, 5) is 13.1. The molecule has 2 atom stereocenters. The van der Waals surface area contributed by atoms with Gasteiger partial charge in [0, 0.05) is 18.5 Å². The van der Waals surface area contributed by atoms with Crippen molar-refractivity contribution in [2.24, 2.45) is 0 Å². The summed E-state index contributed by atoms with van der Waals surface area (Å²) in [5.41, 5.74) is 0. The lowest BCUT2D eigenvalue weighted by atomic mass is 10.2. The maximum Gasteiger partial charge on any atom is 0.389 e. The molecule has 0 aliphatic carbocycles. The first-order valence-electron chi connectivity index (χ1n) is 5.19. The number of rotatable bonds is 2. The van der Waals surface area contributed by atoms with Crippen LogP contribution >= 0.6 is 0 Å². The molecule has 1 saturated heterocycles.